The number of nitrogens with two attached hydrogens (primary N) is 1. The van der Waals surface area contributed by atoms with Crippen molar-refractivity contribution in [3.05, 3.63) is 63.6 Å². The molecule has 3 heteroatoms. The zero-order valence-corrected chi connectivity index (χ0v) is 13.5. The summed E-state index contributed by atoms with van der Waals surface area (Å²) in [5, 5.41) is 0. The van der Waals surface area contributed by atoms with Gasteiger partial charge in [-0.3, -0.25) is 0 Å². The molecular formula is C17H20BrNO. The Morgan fingerprint density at radius 3 is 2.45 bits per heavy atom. The number of ether oxygens (including phenoxy) is 1. The Labute approximate surface area is 129 Å². The third kappa shape index (κ3) is 3.84. The molecule has 0 aromatic heterocycles. The fourth-order valence-corrected chi connectivity index (χ4v) is 2.43. The lowest BCUT2D eigenvalue weighted by atomic mass is 9.98. The van der Waals surface area contributed by atoms with Crippen molar-refractivity contribution in [1.29, 1.82) is 0 Å². The van der Waals surface area contributed by atoms with E-state index in [1.807, 2.05) is 12.1 Å². The first-order valence-electron chi connectivity index (χ1n) is 6.74. The highest BCUT2D eigenvalue weighted by Gasteiger charge is 2.07. The minimum absolute atomic E-state index is 0.0731. The summed E-state index contributed by atoms with van der Waals surface area (Å²) in [6.07, 6.45) is 1.91. The molecule has 0 spiro atoms. The summed E-state index contributed by atoms with van der Waals surface area (Å²) in [7, 11) is 1.68. The number of halogens is 1. The Balaban J connectivity index is 1.96. The summed E-state index contributed by atoms with van der Waals surface area (Å²) in [5.41, 5.74) is 9.98. The Bertz CT molecular complexity index is 566. The van der Waals surface area contributed by atoms with Gasteiger partial charge in [0.1, 0.15) is 5.75 Å². The van der Waals surface area contributed by atoms with E-state index in [4.69, 9.17) is 10.5 Å². The van der Waals surface area contributed by atoms with Crippen LogP contribution in [0.4, 0.5) is 0 Å². The normalized spacial score (nSPS) is 12.2. The fraction of sp³-hybridized carbons (Fsp3) is 0.294. The van der Waals surface area contributed by atoms with E-state index in [0.717, 1.165) is 23.1 Å². The highest BCUT2D eigenvalue weighted by Crippen LogP contribution is 2.23. The number of hydrogen-bond acceptors (Lipinski definition) is 2. The molecule has 1 unspecified atom stereocenters. The van der Waals surface area contributed by atoms with Crippen molar-refractivity contribution in [2.24, 2.45) is 5.73 Å². The summed E-state index contributed by atoms with van der Waals surface area (Å²) < 4.78 is 6.29. The highest BCUT2D eigenvalue weighted by molar-refractivity contribution is 9.10. The Hall–Kier alpha value is -1.32. The summed E-state index contributed by atoms with van der Waals surface area (Å²) in [5.74, 6) is 0.890. The van der Waals surface area contributed by atoms with Crippen LogP contribution in [0.2, 0.25) is 0 Å². The molecule has 2 aromatic rings. The minimum Gasteiger partial charge on any atom is -0.497 e. The van der Waals surface area contributed by atoms with Crippen LogP contribution in [0.1, 0.15) is 29.2 Å². The van der Waals surface area contributed by atoms with Crippen LogP contribution >= 0.6 is 15.9 Å². The van der Waals surface area contributed by atoms with Gasteiger partial charge in [-0.1, -0.05) is 40.2 Å². The van der Waals surface area contributed by atoms with Crippen LogP contribution in [0.15, 0.2) is 46.9 Å². The third-order valence-corrected chi connectivity index (χ3v) is 4.40. The molecule has 0 amide bonds. The van der Waals surface area contributed by atoms with Gasteiger partial charge < -0.3 is 10.5 Å². The third-order valence-electron chi connectivity index (χ3n) is 3.51. The molecule has 0 saturated heterocycles. The van der Waals surface area contributed by atoms with Crippen molar-refractivity contribution in [1.82, 2.24) is 0 Å². The minimum atomic E-state index is 0.0731. The molecule has 0 aliphatic carbocycles. The highest BCUT2D eigenvalue weighted by atomic mass is 79.9. The SMILES string of the molecule is COc1ccc(CCC(N)c2ccc(Br)c(C)c2)cc1. The second-order valence-corrected chi connectivity index (χ2v) is 5.86. The van der Waals surface area contributed by atoms with Crippen molar-refractivity contribution in [3.63, 3.8) is 0 Å². The molecule has 20 heavy (non-hydrogen) atoms. The number of benzene rings is 2. The second-order valence-electron chi connectivity index (χ2n) is 5.00. The van der Waals surface area contributed by atoms with E-state index >= 15 is 0 Å². The van der Waals surface area contributed by atoms with Gasteiger partial charge in [0.05, 0.1) is 7.11 Å². The molecule has 0 saturated carbocycles. The smallest absolute Gasteiger partial charge is 0.118 e. The molecule has 2 aromatic carbocycles. The number of methoxy groups -OCH3 is 1. The zero-order chi connectivity index (χ0) is 14.5. The van der Waals surface area contributed by atoms with E-state index < -0.39 is 0 Å². The van der Waals surface area contributed by atoms with E-state index in [2.05, 4.69) is 53.2 Å². The van der Waals surface area contributed by atoms with Gasteiger partial charge >= 0.3 is 0 Å². The average Bonchev–Trinajstić information content (AvgIpc) is 2.48. The Kier molecular flexibility index (Phi) is 5.21. The predicted octanol–water partition coefficient (Wildman–Crippen LogP) is 4.40. The molecule has 0 aliphatic heterocycles. The molecule has 2 rings (SSSR count). The molecule has 2 N–H and O–H groups in total. The first-order valence-corrected chi connectivity index (χ1v) is 7.54. The molecule has 0 heterocycles. The lowest BCUT2D eigenvalue weighted by molar-refractivity contribution is 0.414. The molecular weight excluding hydrogens is 314 g/mol. The quantitative estimate of drug-likeness (QED) is 0.880. The zero-order valence-electron chi connectivity index (χ0n) is 11.9. The van der Waals surface area contributed by atoms with Gasteiger partial charge in [-0.2, -0.15) is 0 Å². The largest absolute Gasteiger partial charge is 0.497 e. The van der Waals surface area contributed by atoms with Crippen molar-refractivity contribution in [2.45, 2.75) is 25.8 Å². The Morgan fingerprint density at radius 2 is 1.85 bits per heavy atom. The molecule has 1 atom stereocenters. The van der Waals surface area contributed by atoms with Crippen LogP contribution in [0.3, 0.4) is 0 Å². The molecule has 2 nitrogen and oxygen atoms in total. The van der Waals surface area contributed by atoms with Crippen molar-refractivity contribution >= 4 is 15.9 Å². The second kappa shape index (κ2) is 6.91. The van der Waals surface area contributed by atoms with E-state index in [-0.39, 0.29) is 6.04 Å². The molecule has 0 radical (unpaired) electrons. The van der Waals surface area contributed by atoms with Crippen molar-refractivity contribution < 1.29 is 4.74 Å². The van der Waals surface area contributed by atoms with Crippen LogP contribution in [-0.4, -0.2) is 7.11 Å². The van der Waals surface area contributed by atoms with Gasteiger partial charge in [0.2, 0.25) is 0 Å². The lowest BCUT2D eigenvalue weighted by Crippen LogP contribution is -2.11. The summed E-state index contributed by atoms with van der Waals surface area (Å²) in [4.78, 5) is 0. The van der Waals surface area contributed by atoms with Crippen LogP contribution < -0.4 is 10.5 Å². The maximum Gasteiger partial charge on any atom is 0.118 e. The van der Waals surface area contributed by atoms with Crippen LogP contribution in [0, 0.1) is 6.92 Å². The first-order chi connectivity index (χ1) is 9.60. The van der Waals surface area contributed by atoms with Gasteiger partial charge in [0, 0.05) is 10.5 Å². The van der Waals surface area contributed by atoms with Gasteiger partial charge in [0.25, 0.3) is 0 Å². The van der Waals surface area contributed by atoms with Gasteiger partial charge in [0.15, 0.2) is 0 Å². The van der Waals surface area contributed by atoms with E-state index in [1.165, 1.54) is 16.7 Å². The van der Waals surface area contributed by atoms with Crippen molar-refractivity contribution in [2.75, 3.05) is 7.11 Å². The number of aryl methyl sites for hydroxylation is 2. The molecule has 0 bridgehead atoms. The number of hydrogen-bond donors (Lipinski definition) is 1. The maximum absolute atomic E-state index is 6.28. The lowest BCUT2D eigenvalue weighted by Gasteiger charge is -2.13. The fourth-order valence-electron chi connectivity index (χ4n) is 2.18. The molecule has 0 aliphatic rings. The van der Waals surface area contributed by atoms with Crippen LogP contribution in [0.5, 0.6) is 5.75 Å². The molecule has 106 valence electrons. The van der Waals surface area contributed by atoms with E-state index in [1.54, 1.807) is 7.11 Å². The van der Waals surface area contributed by atoms with E-state index in [9.17, 15) is 0 Å². The van der Waals surface area contributed by atoms with Gasteiger partial charge in [-0.15, -0.1) is 0 Å². The monoisotopic (exact) mass is 333 g/mol. The first kappa shape index (κ1) is 15.1. The topological polar surface area (TPSA) is 35.2 Å². The molecule has 0 fully saturated rings. The van der Waals surface area contributed by atoms with Crippen LogP contribution in [-0.2, 0) is 6.42 Å². The van der Waals surface area contributed by atoms with Crippen LogP contribution in [0.25, 0.3) is 0 Å². The van der Waals surface area contributed by atoms with Crippen molar-refractivity contribution in [3.8, 4) is 5.75 Å². The maximum atomic E-state index is 6.28. The van der Waals surface area contributed by atoms with E-state index in [0.29, 0.717) is 0 Å². The predicted molar refractivity (Wildman–Crippen MR) is 87.1 cm³/mol. The van der Waals surface area contributed by atoms with Gasteiger partial charge in [-0.25, -0.2) is 0 Å². The standard InChI is InChI=1S/C17H20BrNO/c1-12-11-14(6-9-16(12)18)17(19)10-5-13-3-7-15(20-2)8-4-13/h3-4,6-9,11,17H,5,10,19H2,1-2H3. The number of rotatable bonds is 5. The summed E-state index contributed by atoms with van der Waals surface area (Å²) in [6, 6.07) is 14.6. The summed E-state index contributed by atoms with van der Waals surface area (Å²) in [6.45, 7) is 2.09. The van der Waals surface area contributed by atoms with Gasteiger partial charge in [-0.05, 0) is 54.7 Å². The Morgan fingerprint density at radius 1 is 1.15 bits per heavy atom. The average molecular weight is 334 g/mol. The summed E-state index contributed by atoms with van der Waals surface area (Å²) >= 11 is 3.52.